The Kier molecular flexibility index (Phi) is 5.41. The van der Waals surface area contributed by atoms with Crippen molar-refractivity contribution in [3.8, 4) is 0 Å². The molecule has 1 saturated heterocycles. The molecule has 1 aliphatic heterocycles. The first kappa shape index (κ1) is 13.6. The molecule has 0 aromatic heterocycles. The van der Waals surface area contributed by atoms with E-state index in [0.29, 0.717) is 6.54 Å². The van der Waals surface area contributed by atoms with Gasteiger partial charge in [-0.3, -0.25) is 10.1 Å². The largest absolute Gasteiger partial charge is 0.336 e. The molecule has 0 bridgehead atoms. The predicted octanol–water partition coefficient (Wildman–Crippen LogP) is 1.73. The van der Waals surface area contributed by atoms with E-state index in [2.05, 4.69) is 17.6 Å². The van der Waals surface area contributed by atoms with Crippen LogP contribution in [0.3, 0.4) is 0 Å². The molecule has 0 radical (unpaired) electrons. The third kappa shape index (κ3) is 4.61. The summed E-state index contributed by atoms with van der Waals surface area (Å²) in [6, 6.07) is -0.427. The summed E-state index contributed by atoms with van der Waals surface area (Å²) in [6.07, 6.45) is 2.46. The highest BCUT2D eigenvalue weighted by molar-refractivity contribution is 8.00. The lowest BCUT2D eigenvalue weighted by Gasteiger charge is -2.22. The van der Waals surface area contributed by atoms with Crippen LogP contribution in [-0.4, -0.2) is 34.9 Å². The van der Waals surface area contributed by atoms with E-state index in [1.807, 2.05) is 11.8 Å². The summed E-state index contributed by atoms with van der Waals surface area (Å²) in [6.45, 7) is 2.73. The Morgan fingerprint density at radius 1 is 1.50 bits per heavy atom. The molecule has 92 valence electrons. The molecule has 0 aliphatic carbocycles. The van der Waals surface area contributed by atoms with Crippen molar-refractivity contribution in [3.05, 3.63) is 0 Å². The molecule has 16 heavy (non-hydrogen) atoms. The molecule has 6 heteroatoms. The van der Waals surface area contributed by atoms with Gasteiger partial charge in [0.15, 0.2) is 0 Å². The summed E-state index contributed by atoms with van der Waals surface area (Å²) in [7, 11) is 0. The number of thioether (sulfide) groups is 1. The van der Waals surface area contributed by atoms with Gasteiger partial charge in [0.2, 0.25) is 5.91 Å². The summed E-state index contributed by atoms with van der Waals surface area (Å²) in [5.41, 5.74) is 0. The average Bonchev–Trinajstić information content (AvgIpc) is 2.63. The van der Waals surface area contributed by atoms with Crippen LogP contribution in [0.1, 0.15) is 26.2 Å². The van der Waals surface area contributed by atoms with Gasteiger partial charge >= 0.3 is 6.03 Å². The second kappa shape index (κ2) is 6.35. The molecule has 1 unspecified atom stereocenters. The van der Waals surface area contributed by atoms with Crippen molar-refractivity contribution in [2.75, 3.05) is 18.2 Å². The molecule has 1 heterocycles. The van der Waals surface area contributed by atoms with E-state index >= 15 is 0 Å². The molecule has 0 saturated carbocycles. The fourth-order valence-electron chi connectivity index (χ4n) is 1.56. The van der Waals surface area contributed by atoms with E-state index in [1.54, 1.807) is 0 Å². The second-order valence-electron chi connectivity index (χ2n) is 4.07. The molecular formula is C10H17ClN2O2S. The minimum atomic E-state index is -0.427. The molecule has 3 amide bonds. The third-order valence-corrected chi connectivity index (χ3v) is 4.23. The molecule has 1 aliphatic rings. The Hall–Kier alpha value is -0.420. The average molecular weight is 265 g/mol. The topological polar surface area (TPSA) is 58.2 Å². The molecular weight excluding hydrogens is 248 g/mol. The zero-order valence-electron chi connectivity index (χ0n) is 9.35. The third-order valence-electron chi connectivity index (χ3n) is 2.50. The van der Waals surface area contributed by atoms with Crippen LogP contribution < -0.4 is 10.6 Å². The first-order chi connectivity index (χ1) is 7.56. The summed E-state index contributed by atoms with van der Waals surface area (Å²) in [4.78, 5) is 22.4. The van der Waals surface area contributed by atoms with Gasteiger partial charge in [-0.1, -0.05) is 0 Å². The predicted molar refractivity (Wildman–Crippen MR) is 67.0 cm³/mol. The van der Waals surface area contributed by atoms with E-state index in [0.717, 1.165) is 12.2 Å². The number of alkyl halides is 1. The maximum absolute atomic E-state index is 11.3. The molecule has 1 atom stereocenters. The number of rotatable bonds is 4. The number of hydrogen-bond acceptors (Lipinski definition) is 3. The zero-order chi connectivity index (χ0) is 12.0. The Morgan fingerprint density at radius 3 is 2.81 bits per heavy atom. The lowest BCUT2D eigenvalue weighted by atomic mass is 10.1. The van der Waals surface area contributed by atoms with Gasteiger partial charge in [-0.05, 0) is 25.5 Å². The van der Waals surface area contributed by atoms with Gasteiger partial charge in [-0.2, -0.15) is 11.8 Å². The molecule has 1 fully saturated rings. The monoisotopic (exact) mass is 264 g/mol. The second-order valence-corrected chi connectivity index (χ2v) is 6.13. The normalized spacial score (nSPS) is 24.1. The molecule has 0 aromatic rings. The van der Waals surface area contributed by atoms with E-state index in [9.17, 15) is 9.59 Å². The summed E-state index contributed by atoms with van der Waals surface area (Å²) >= 11 is 7.25. The number of carbonyl (C=O) groups is 2. The number of nitrogens with one attached hydrogen (secondary N) is 2. The zero-order valence-corrected chi connectivity index (χ0v) is 10.9. The van der Waals surface area contributed by atoms with Crippen molar-refractivity contribution in [3.63, 3.8) is 0 Å². The van der Waals surface area contributed by atoms with Crippen molar-refractivity contribution < 1.29 is 9.59 Å². The number of urea groups is 1. The van der Waals surface area contributed by atoms with Crippen LogP contribution in [0.25, 0.3) is 0 Å². The molecule has 1 rings (SSSR count). The van der Waals surface area contributed by atoms with Gasteiger partial charge < -0.3 is 5.32 Å². The van der Waals surface area contributed by atoms with E-state index in [1.165, 1.54) is 6.42 Å². The number of amides is 3. The van der Waals surface area contributed by atoms with Crippen molar-refractivity contribution >= 4 is 35.3 Å². The van der Waals surface area contributed by atoms with Gasteiger partial charge in [0.1, 0.15) is 0 Å². The minimum Gasteiger partial charge on any atom is -0.336 e. The van der Waals surface area contributed by atoms with Crippen molar-refractivity contribution in [2.24, 2.45) is 0 Å². The number of halogens is 1. The number of imide groups is 1. The quantitative estimate of drug-likeness (QED) is 0.761. The van der Waals surface area contributed by atoms with Crippen molar-refractivity contribution in [1.82, 2.24) is 10.6 Å². The van der Waals surface area contributed by atoms with Crippen LogP contribution in [0.4, 0.5) is 4.79 Å². The minimum absolute atomic E-state index is 0.118. The highest BCUT2D eigenvalue weighted by Gasteiger charge is 2.29. The fraction of sp³-hybridized carbons (Fsp3) is 0.800. The lowest BCUT2D eigenvalue weighted by Crippen LogP contribution is -2.44. The lowest BCUT2D eigenvalue weighted by molar-refractivity contribution is -0.119. The summed E-state index contributed by atoms with van der Waals surface area (Å²) in [5, 5.41) is 4.96. The SMILES string of the molecule is CC1(CNC(=O)NC(=O)CCCl)CCCS1. The van der Waals surface area contributed by atoms with Crippen LogP contribution in [0, 0.1) is 0 Å². The standard InChI is InChI=1S/C10H17ClN2O2S/c1-10(4-2-6-16-10)7-12-9(15)13-8(14)3-5-11/h2-7H2,1H3,(H2,12,13,14,15). The maximum atomic E-state index is 11.3. The highest BCUT2D eigenvalue weighted by atomic mass is 35.5. The van der Waals surface area contributed by atoms with Crippen molar-refractivity contribution in [1.29, 1.82) is 0 Å². The van der Waals surface area contributed by atoms with E-state index in [-0.39, 0.29) is 23.0 Å². The van der Waals surface area contributed by atoms with Gasteiger partial charge in [0.05, 0.1) is 0 Å². The molecule has 0 aromatic carbocycles. The van der Waals surface area contributed by atoms with Gasteiger partial charge in [0.25, 0.3) is 0 Å². The van der Waals surface area contributed by atoms with Crippen LogP contribution in [0.5, 0.6) is 0 Å². The molecule has 0 spiro atoms. The Labute approximate surface area is 105 Å². The first-order valence-electron chi connectivity index (χ1n) is 5.33. The fourth-order valence-corrected chi connectivity index (χ4v) is 2.98. The first-order valence-corrected chi connectivity index (χ1v) is 6.85. The van der Waals surface area contributed by atoms with Gasteiger partial charge in [-0.15, -0.1) is 11.6 Å². The molecule has 4 nitrogen and oxygen atoms in total. The number of carbonyl (C=O) groups excluding carboxylic acids is 2. The number of hydrogen-bond donors (Lipinski definition) is 2. The smallest absolute Gasteiger partial charge is 0.321 e. The highest BCUT2D eigenvalue weighted by Crippen LogP contribution is 2.36. The summed E-state index contributed by atoms with van der Waals surface area (Å²) in [5.74, 6) is 1.04. The summed E-state index contributed by atoms with van der Waals surface area (Å²) < 4.78 is 0.118. The van der Waals surface area contributed by atoms with Crippen LogP contribution in [-0.2, 0) is 4.79 Å². The van der Waals surface area contributed by atoms with Crippen LogP contribution in [0.2, 0.25) is 0 Å². The molecule has 2 N–H and O–H groups in total. The van der Waals surface area contributed by atoms with Crippen LogP contribution in [0.15, 0.2) is 0 Å². The maximum Gasteiger partial charge on any atom is 0.321 e. The Morgan fingerprint density at radius 2 is 2.25 bits per heavy atom. The van der Waals surface area contributed by atoms with Crippen LogP contribution >= 0.6 is 23.4 Å². The van der Waals surface area contributed by atoms with Gasteiger partial charge in [-0.25, -0.2) is 4.79 Å². The van der Waals surface area contributed by atoms with Gasteiger partial charge in [0, 0.05) is 23.6 Å². The van der Waals surface area contributed by atoms with E-state index in [4.69, 9.17) is 11.6 Å². The van der Waals surface area contributed by atoms with E-state index < -0.39 is 6.03 Å². The Bertz CT molecular complexity index is 268. The van der Waals surface area contributed by atoms with Crippen molar-refractivity contribution in [2.45, 2.75) is 30.9 Å². The Balaban J connectivity index is 2.22.